The average Bonchev–Trinajstić information content (AvgIpc) is 2.41. The summed E-state index contributed by atoms with van der Waals surface area (Å²) >= 11 is 0. The molecule has 0 heterocycles. The van der Waals surface area contributed by atoms with E-state index in [1.165, 1.54) is 31.9 Å². The first-order chi connectivity index (χ1) is 7.88. The van der Waals surface area contributed by atoms with E-state index in [2.05, 4.69) is 4.90 Å². The topological polar surface area (TPSA) is 63.4 Å². The zero-order valence-electron chi connectivity index (χ0n) is 11.1. The predicted octanol–water partition coefficient (Wildman–Crippen LogP) is 0.870. The molecule has 0 aromatic carbocycles. The van der Waals surface area contributed by atoms with Crippen molar-refractivity contribution >= 4 is 9.84 Å². The van der Waals surface area contributed by atoms with Crippen LogP contribution in [0.1, 0.15) is 32.1 Å². The highest BCUT2D eigenvalue weighted by atomic mass is 32.2. The molecule has 0 bridgehead atoms. The smallest absolute Gasteiger partial charge is 0.148 e. The molecular weight excluding hydrogens is 236 g/mol. The van der Waals surface area contributed by atoms with Crippen molar-refractivity contribution in [2.75, 3.05) is 32.1 Å². The van der Waals surface area contributed by atoms with Gasteiger partial charge in [-0.15, -0.1) is 0 Å². The molecule has 0 aromatic heterocycles. The minimum absolute atomic E-state index is 0.242. The second-order valence-electron chi connectivity index (χ2n) is 5.45. The lowest BCUT2D eigenvalue weighted by atomic mass is 9.95. The van der Waals surface area contributed by atoms with Gasteiger partial charge in [-0.05, 0) is 25.8 Å². The van der Waals surface area contributed by atoms with Gasteiger partial charge in [-0.1, -0.05) is 19.3 Å². The Bertz CT molecular complexity index is 316. The molecule has 1 aliphatic rings. The summed E-state index contributed by atoms with van der Waals surface area (Å²) in [5.74, 6) is 0.771. The Labute approximate surface area is 105 Å². The van der Waals surface area contributed by atoms with Gasteiger partial charge < -0.3 is 10.6 Å². The highest BCUT2D eigenvalue weighted by molar-refractivity contribution is 7.90. The van der Waals surface area contributed by atoms with Crippen LogP contribution in [-0.4, -0.2) is 51.5 Å². The van der Waals surface area contributed by atoms with E-state index in [0.717, 1.165) is 13.0 Å². The monoisotopic (exact) mass is 262 g/mol. The van der Waals surface area contributed by atoms with E-state index in [0.29, 0.717) is 12.5 Å². The number of hydrogen-bond acceptors (Lipinski definition) is 4. The normalized spacial score (nSPS) is 27.1. The molecule has 2 N–H and O–H groups in total. The Hall–Kier alpha value is -0.130. The van der Waals surface area contributed by atoms with E-state index < -0.39 is 9.84 Å². The van der Waals surface area contributed by atoms with E-state index >= 15 is 0 Å². The molecule has 2 unspecified atom stereocenters. The molecule has 102 valence electrons. The summed E-state index contributed by atoms with van der Waals surface area (Å²) in [4.78, 5) is 2.11. The van der Waals surface area contributed by atoms with Crippen LogP contribution in [0.3, 0.4) is 0 Å². The third-order valence-corrected chi connectivity index (χ3v) is 4.53. The first-order valence-corrected chi connectivity index (χ1v) is 8.56. The van der Waals surface area contributed by atoms with Gasteiger partial charge in [0.1, 0.15) is 9.84 Å². The summed E-state index contributed by atoms with van der Waals surface area (Å²) in [5.41, 5.74) is 6.16. The fourth-order valence-corrected chi connectivity index (χ4v) is 3.10. The van der Waals surface area contributed by atoms with E-state index in [9.17, 15) is 8.42 Å². The third-order valence-electron chi connectivity index (χ3n) is 3.61. The largest absolute Gasteiger partial charge is 0.327 e. The molecule has 17 heavy (non-hydrogen) atoms. The molecule has 0 amide bonds. The standard InChI is InChI=1S/C12H26N2O2S/c1-14(8-9-17(2,15)16)10-11-6-4-3-5-7-12(11)13/h11-12H,3-10,13H2,1-2H3. The van der Waals surface area contributed by atoms with Gasteiger partial charge in [-0.25, -0.2) is 8.42 Å². The van der Waals surface area contributed by atoms with Crippen LogP contribution in [0.5, 0.6) is 0 Å². The molecule has 5 heteroatoms. The van der Waals surface area contributed by atoms with Crippen LogP contribution >= 0.6 is 0 Å². The lowest BCUT2D eigenvalue weighted by molar-refractivity contribution is 0.252. The van der Waals surface area contributed by atoms with Gasteiger partial charge in [-0.3, -0.25) is 0 Å². The molecule has 1 fully saturated rings. The maximum atomic E-state index is 11.1. The van der Waals surface area contributed by atoms with Gasteiger partial charge in [0, 0.05) is 25.4 Å². The third kappa shape index (κ3) is 6.38. The first-order valence-electron chi connectivity index (χ1n) is 6.50. The maximum Gasteiger partial charge on any atom is 0.148 e. The molecule has 1 saturated carbocycles. The lowest BCUT2D eigenvalue weighted by Crippen LogP contribution is -2.38. The van der Waals surface area contributed by atoms with Crippen molar-refractivity contribution in [1.29, 1.82) is 0 Å². The average molecular weight is 262 g/mol. The fourth-order valence-electron chi connectivity index (χ4n) is 2.45. The van der Waals surface area contributed by atoms with Crippen molar-refractivity contribution in [3.05, 3.63) is 0 Å². The summed E-state index contributed by atoms with van der Waals surface area (Å²) in [5, 5.41) is 0. The van der Waals surface area contributed by atoms with E-state index in [-0.39, 0.29) is 11.8 Å². The summed E-state index contributed by atoms with van der Waals surface area (Å²) in [6, 6.07) is 0.290. The van der Waals surface area contributed by atoms with Crippen molar-refractivity contribution in [3.8, 4) is 0 Å². The second-order valence-corrected chi connectivity index (χ2v) is 7.71. The van der Waals surface area contributed by atoms with Crippen LogP contribution < -0.4 is 5.73 Å². The first kappa shape index (κ1) is 14.9. The number of nitrogens with two attached hydrogens (primary N) is 1. The molecule has 4 nitrogen and oxygen atoms in total. The van der Waals surface area contributed by atoms with Crippen molar-refractivity contribution < 1.29 is 8.42 Å². The summed E-state index contributed by atoms with van der Waals surface area (Å²) in [7, 11) is -0.865. The van der Waals surface area contributed by atoms with Gasteiger partial charge >= 0.3 is 0 Å². The minimum Gasteiger partial charge on any atom is -0.327 e. The van der Waals surface area contributed by atoms with E-state index in [4.69, 9.17) is 5.73 Å². The van der Waals surface area contributed by atoms with Crippen LogP contribution in [-0.2, 0) is 9.84 Å². The molecule has 0 saturated heterocycles. The van der Waals surface area contributed by atoms with Crippen LogP contribution in [0.15, 0.2) is 0 Å². The predicted molar refractivity (Wildman–Crippen MR) is 71.8 cm³/mol. The minimum atomic E-state index is -2.85. The van der Waals surface area contributed by atoms with Crippen LogP contribution in [0.2, 0.25) is 0 Å². The maximum absolute atomic E-state index is 11.1. The van der Waals surface area contributed by atoms with E-state index in [1.807, 2.05) is 7.05 Å². The molecule has 2 atom stereocenters. The Morgan fingerprint density at radius 1 is 1.24 bits per heavy atom. The van der Waals surface area contributed by atoms with Gasteiger partial charge in [0.05, 0.1) is 5.75 Å². The SMILES string of the molecule is CN(CCS(C)(=O)=O)CC1CCCCCC1N. The van der Waals surface area contributed by atoms with Gasteiger partial charge in [0.25, 0.3) is 0 Å². The number of rotatable bonds is 5. The molecule has 0 aromatic rings. The zero-order valence-corrected chi connectivity index (χ0v) is 11.9. The molecule has 0 aliphatic heterocycles. The molecule has 0 spiro atoms. The Balaban J connectivity index is 2.35. The van der Waals surface area contributed by atoms with Crippen LogP contribution in [0.4, 0.5) is 0 Å². The molecule has 1 aliphatic carbocycles. The van der Waals surface area contributed by atoms with Crippen molar-refractivity contribution in [2.45, 2.75) is 38.1 Å². The van der Waals surface area contributed by atoms with Crippen LogP contribution in [0, 0.1) is 5.92 Å². The molecule has 1 rings (SSSR count). The summed E-state index contributed by atoms with van der Waals surface area (Å²) in [6.07, 6.45) is 7.38. The number of sulfone groups is 1. The Kier molecular flexibility index (Phi) is 5.89. The molecule has 0 radical (unpaired) electrons. The highest BCUT2D eigenvalue weighted by Gasteiger charge is 2.21. The summed E-state index contributed by atoms with van der Waals surface area (Å²) < 4.78 is 22.2. The lowest BCUT2D eigenvalue weighted by Gasteiger charge is -2.26. The van der Waals surface area contributed by atoms with Crippen molar-refractivity contribution in [1.82, 2.24) is 4.90 Å². The van der Waals surface area contributed by atoms with Gasteiger partial charge in [0.2, 0.25) is 0 Å². The zero-order chi connectivity index (χ0) is 12.9. The fraction of sp³-hybridized carbons (Fsp3) is 1.00. The quantitative estimate of drug-likeness (QED) is 0.747. The molecular formula is C12H26N2O2S. The van der Waals surface area contributed by atoms with E-state index in [1.54, 1.807) is 0 Å². The van der Waals surface area contributed by atoms with Gasteiger partial charge in [0.15, 0.2) is 0 Å². The highest BCUT2D eigenvalue weighted by Crippen LogP contribution is 2.22. The van der Waals surface area contributed by atoms with Crippen molar-refractivity contribution in [2.24, 2.45) is 11.7 Å². The van der Waals surface area contributed by atoms with Crippen LogP contribution in [0.25, 0.3) is 0 Å². The number of nitrogens with zero attached hydrogens (tertiary/aromatic N) is 1. The Morgan fingerprint density at radius 3 is 2.53 bits per heavy atom. The summed E-state index contributed by atoms with van der Waals surface area (Å²) in [6.45, 7) is 1.54. The van der Waals surface area contributed by atoms with Crippen molar-refractivity contribution in [3.63, 3.8) is 0 Å². The second kappa shape index (κ2) is 6.71. The van der Waals surface area contributed by atoms with Gasteiger partial charge in [-0.2, -0.15) is 0 Å². The number of hydrogen-bond donors (Lipinski definition) is 1. The Morgan fingerprint density at radius 2 is 1.88 bits per heavy atom.